The average Bonchev–Trinajstić information content (AvgIpc) is 3.23. The van der Waals surface area contributed by atoms with Crippen LogP contribution in [0.5, 0.6) is 0 Å². The van der Waals surface area contributed by atoms with E-state index in [9.17, 15) is 31.1 Å². The van der Waals surface area contributed by atoms with E-state index in [1.54, 1.807) is 4.90 Å². The van der Waals surface area contributed by atoms with Crippen molar-refractivity contribution in [1.82, 2.24) is 19.4 Å². The molecule has 2 N–H and O–H groups in total. The van der Waals surface area contributed by atoms with Crippen molar-refractivity contribution in [3.8, 4) is 11.3 Å². The molecule has 0 aliphatic carbocycles. The van der Waals surface area contributed by atoms with Crippen molar-refractivity contribution >= 4 is 5.91 Å². The molecular weight excluding hydrogens is 512 g/mol. The number of rotatable bonds is 3. The Bertz CT molecular complexity index is 1310. The van der Waals surface area contributed by atoms with Crippen LogP contribution in [0, 0.1) is 24.4 Å². The second kappa shape index (κ2) is 10.8. The summed E-state index contributed by atoms with van der Waals surface area (Å²) >= 11 is 0. The summed E-state index contributed by atoms with van der Waals surface area (Å²) < 4.78 is 78.7. The SMILES string of the molecule is CC(C)c1c(-c2cc(F)c(F)c(F)c2)nc2n1CCN(C(=O)CN)C2(C)C.Cc1cccc(C(F)(F)F)n1. The van der Waals surface area contributed by atoms with Crippen LogP contribution in [0.1, 0.15) is 56.5 Å². The Morgan fingerprint density at radius 1 is 1.08 bits per heavy atom. The normalized spacial score (nSPS) is 14.7. The molecule has 0 saturated heterocycles. The molecule has 1 aromatic carbocycles. The maximum atomic E-state index is 13.8. The third-order valence-corrected chi connectivity index (χ3v) is 6.23. The first kappa shape index (κ1) is 29.2. The topological polar surface area (TPSA) is 77.0 Å². The van der Waals surface area contributed by atoms with Gasteiger partial charge in [0.25, 0.3) is 0 Å². The third kappa shape index (κ3) is 5.69. The van der Waals surface area contributed by atoms with Crippen molar-refractivity contribution in [1.29, 1.82) is 0 Å². The van der Waals surface area contributed by atoms with E-state index in [4.69, 9.17) is 5.73 Å². The number of alkyl halides is 3. The molecule has 12 heteroatoms. The summed E-state index contributed by atoms with van der Waals surface area (Å²) in [6.45, 7) is 9.99. The second-order valence-electron chi connectivity index (χ2n) is 9.70. The van der Waals surface area contributed by atoms with E-state index in [0.717, 1.165) is 23.9 Å². The summed E-state index contributed by atoms with van der Waals surface area (Å²) in [5.74, 6) is -3.60. The van der Waals surface area contributed by atoms with Gasteiger partial charge < -0.3 is 15.2 Å². The largest absolute Gasteiger partial charge is 0.433 e. The third-order valence-electron chi connectivity index (χ3n) is 6.23. The Labute approximate surface area is 216 Å². The molecule has 0 spiro atoms. The van der Waals surface area contributed by atoms with Crippen molar-refractivity contribution in [2.24, 2.45) is 5.73 Å². The van der Waals surface area contributed by atoms with Gasteiger partial charge >= 0.3 is 6.18 Å². The zero-order valence-electron chi connectivity index (χ0n) is 21.6. The average molecular weight is 542 g/mol. The number of fused-ring (bicyclic) bond motifs is 1. The van der Waals surface area contributed by atoms with Gasteiger partial charge in [0.2, 0.25) is 5.91 Å². The molecule has 0 bridgehead atoms. The minimum atomic E-state index is -4.33. The summed E-state index contributed by atoms with van der Waals surface area (Å²) in [4.78, 5) is 21.9. The van der Waals surface area contributed by atoms with Gasteiger partial charge in [-0.25, -0.2) is 23.1 Å². The first-order valence-corrected chi connectivity index (χ1v) is 11.9. The Balaban J connectivity index is 0.000000304. The predicted octanol–water partition coefficient (Wildman–Crippen LogP) is 5.54. The molecule has 1 aliphatic heterocycles. The van der Waals surface area contributed by atoms with Crippen LogP contribution in [0.2, 0.25) is 0 Å². The Morgan fingerprint density at radius 3 is 2.16 bits per heavy atom. The fourth-order valence-corrected chi connectivity index (χ4v) is 4.50. The minimum absolute atomic E-state index is 0.00462. The van der Waals surface area contributed by atoms with E-state index in [-0.39, 0.29) is 23.9 Å². The smallest absolute Gasteiger partial charge is 0.327 e. The van der Waals surface area contributed by atoms with Crippen LogP contribution in [-0.4, -0.2) is 38.4 Å². The maximum absolute atomic E-state index is 13.8. The first-order chi connectivity index (χ1) is 17.6. The molecule has 6 nitrogen and oxygen atoms in total. The number of pyridine rings is 1. The first-order valence-electron chi connectivity index (χ1n) is 11.9. The summed E-state index contributed by atoms with van der Waals surface area (Å²) in [6.07, 6.45) is -4.33. The number of hydrogen-bond donors (Lipinski definition) is 1. The van der Waals surface area contributed by atoms with Crippen LogP contribution >= 0.6 is 0 Å². The van der Waals surface area contributed by atoms with Crippen molar-refractivity contribution in [3.63, 3.8) is 0 Å². The van der Waals surface area contributed by atoms with Crippen LogP contribution in [0.15, 0.2) is 30.3 Å². The highest BCUT2D eigenvalue weighted by Crippen LogP contribution is 2.39. The lowest BCUT2D eigenvalue weighted by molar-refractivity contribution is -0.141. The fraction of sp³-hybridized carbons (Fsp3) is 0.423. The van der Waals surface area contributed by atoms with Gasteiger partial charge in [-0.3, -0.25) is 4.79 Å². The molecule has 0 saturated carbocycles. The molecule has 4 rings (SSSR count). The number of amides is 1. The molecule has 3 aromatic rings. The Kier molecular flexibility index (Phi) is 8.25. The highest BCUT2D eigenvalue weighted by molar-refractivity contribution is 5.79. The molecule has 2 aromatic heterocycles. The van der Waals surface area contributed by atoms with E-state index in [1.165, 1.54) is 19.1 Å². The molecule has 1 amide bonds. The maximum Gasteiger partial charge on any atom is 0.433 e. The van der Waals surface area contributed by atoms with Gasteiger partial charge in [-0.1, -0.05) is 19.9 Å². The van der Waals surface area contributed by atoms with Gasteiger partial charge in [0.1, 0.15) is 11.5 Å². The number of halogens is 6. The van der Waals surface area contributed by atoms with E-state index in [1.807, 2.05) is 32.3 Å². The van der Waals surface area contributed by atoms with Gasteiger partial charge in [0.15, 0.2) is 17.5 Å². The fourth-order valence-electron chi connectivity index (χ4n) is 4.50. The van der Waals surface area contributed by atoms with Crippen LogP contribution in [0.25, 0.3) is 11.3 Å². The summed E-state index contributed by atoms with van der Waals surface area (Å²) in [5.41, 5.74) is 5.69. The highest BCUT2D eigenvalue weighted by atomic mass is 19.4. The number of carbonyl (C=O) groups is 1. The lowest BCUT2D eigenvalue weighted by Crippen LogP contribution is -2.53. The molecule has 1 aliphatic rings. The van der Waals surface area contributed by atoms with E-state index < -0.39 is 34.9 Å². The molecule has 0 radical (unpaired) electrons. The lowest BCUT2D eigenvalue weighted by atomic mass is 9.98. The highest BCUT2D eigenvalue weighted by Gasteiger charge is 2.41. The monoisotopic (exact) mass is 541 g/mol. The van der Waals surface area contributed by atoms with Crippen LogP contribution < -0.4 is 5.73 Å². The minimum Gasteiger partial charge on any atom is -0.327 e. The van der Waals surface area contributed by atoms with Gasteiger partial charge in [-0.05, 0) is 51.0 Å². The summed E-state index contributed by atoms with van der Waals surface area (Å²) in [7, 11) is 0. The molecule has 0 fully saturated rings. The molecule has 0 atom stereocenters. The van der Waals surface area contributed by atoms with Crippen molar-refractivity contribution in [3.05, 3.63) is 70.7 Å². The lowest BCUT2D eigenvalue weighted by Gasteiger charge is -2.42. The number of hydrogen-bond acceptors (Lipinski definition) is 4. The number of carbonyl (C=O) groups excluding carboxylic acids is 1. The van der Waals surface area contributed by atoms with Gasteiger partial charge in [-0.15, -0.1) is 0 Å². The molecule has 206 valence electrons. The number of benzene rings is 1. The standard InChI is InChI=1S/C19H23F3N4O.C7H6F3N/c1-10(2)17-16(11-7-12(20)15(22)13(21)8-11)24-18-19(3,4)26(14(27)9-23)6-5-25(17)18;1-5-3-2-4-6(11-5)7(8,9)10/h7-8,10H,5-6,9,23H2,1-4H3;2-4H,1H3. The quantitative estimate of drug-likeness (QED) is 0.349. The molecule has 0 unspecified atom stereocenters. The molecule has 38 heavy (non-hydrogen) atoms. The zero-order valence-corrected chi connectivity index (χ0v) is 21.6. The molecule has 3 heterocycles. The van der Waals surface area contributed by atoms with Crippen molar-refractivity contribution < 1.29 is 31.1 Å². The number of aryl methyl sites for hydroxylation is 1. The second-order valence-corrected chi connectivity index (χ2v) is 9.70. The summed E-state index contributed by atoms with van der Waals surface area (Å²) in [5, 5.41) is 0. The number of imidazole rings is 1. The number of nitrogens with two attached hydrogens (primary N) is 1. The van der Waals surface area contributed by atoms with Gasteiger partial charge in [-0.2, -0.15) is 13.2 Å². The molecular formula is C26H29F6N5O. The van der Waals surface area contributed by atoms with Gasteiger partial charge in [0, 0.05) is 30.0 Å². The van der Waals surface area contributed by atoms with Crippen LogP contribution in [-0.2, 0) is 23.1 Å². The van der Waals surface area contributed by atoms with Crippen molar-refractivity contribution in [2.75, 3.05) is 13.1 Å². The Morgan fingerprint density at radius 2 is 1.68 bits per heavy atom. The van der Waals surface area contributed by atoms with Crippen LogP contribution in [0.3, 0.4) is 0 Å². The van der Waals surface area contributed by atoms with Crippen LogP contribution in [0.4, 0.5) is 26.3 Å². The van der Waals surface area contributed by atoms with Crippen molar-refractivity contribution in [2.45, 2.75) is 58.8 Å². The van der Waals surface area contributed by atoms with Gasteiger partial charge in [0.05, 0.1) is 17.8 Å². The summed E-state index contributed by atoms with van der Waals surface area (Å²) in [6, 6.07) is 5.72. The van der Waals surface area contributed by atoms with E-state index in [0.29, 0.717) is 30.3 Å². The van der Waals surface area contributed by atoms with E-state index >= 15 is 0 Å². The number of aromatic nitrogens is 3. The number of nitrogens with zero attached hydrogens (tertiary/aromatic N) is 4. The zero-order chi connectivity index (χ0) is 28.6. The van der Waals surface area contributed by atoms with E-state index in [2.05, 4.69) is 9.97 Å². The Hall–Kier alpha value is -3.41. The predicted molar refractivity (Wildman–Crippen MR) is 129 cm³/mol.